The third-order valence-corrected chi connectivity index (χ3v) is 7.67. The summed E-state index contributed by atoms with van der Waals surface area (Å²) in [6.45, 7) is 2.28. The second-order valence-corrected chi connectivity index (χ2v) is 8.58. The van der Waals surface area contributed by atoms with E-state index in [1.54, 1.807) is 7.11 Å². The lowest BCUT2D eigenvalue weighted by Gasteiger charge is -2.55. The molecule has 0 amide bonds. The number of benzene rings is 1. The molecule has 25 heavy (non-hydrogen) atoms. The molecular weight excluding hydrogens is 316 g/mol. The van der Waals surface area contributed by atoms with Crippen molar-refractivity contribution in [2.24, 2.45) is 23.2 Å². The van der Waals surface area contributed by atoms with Gasteiger partial charge >= 0.3 is 5.97 Å². The van der Waals surface area contributed by atoms with Gasteiger partial charge in [0.1, 0.15) is 5.75 Å². The molecule has 0 radical (unpaired) electrons. The standard InChI is InChI=1S/C21H28O4/c1-20-9-10-21(24)16-8-5-15(25-2)11-13(16)3-6-18(21)17(20)7-4-14(20)12-19(22)23/h5,8,11,14,17-18,24H,3-4,6-7,9-10,12H2,1-2H3,(H,22,23)/t14-,17-,18+,20+,21-/m0/s1. The van der Waals surface area contributed by atoms with E-state index in [0.29, 0.717) is 5.92 Å². The molecule has 1 aromatic rings. The minimum atomic E-state index is -0.762. The van der Waals surface area contributed by atoms with Crippen LogP contribution in [0.1, 0.15) is 56.6 Å². The fourth-order valence-corrected chi connectivity index (χ4v) is 6.33. The predicted molar refractivity (Wildman–Crippen MR) is 94.5 cm³/mol. The SMILES string of the molecule is COc1ccc2c(c1)CC[C@@H]1[C@@H]3CC[C@@H](CC(=O)O)[C@@]3(C)CC[C@]21O. The third-order valence-electron chi connectivity index (χ3n) is 7.67. The summed E-state index contributed by atoms with van der Waals surface area (Å²) < 4.78 is 5.35. The minimum Gasteiger partial charge on any atom is -0.497 e. The number of aliphatic hydroxyl groups is 1. The average molecular weight is 344 g/mol. The van der Waals surface area contributed by atoms with Gasteiger partial charge in [0.2, 0.25) is 0 Å². The number of methoxy groups -OCH3 is 1. The normalized spacial score (nSPS) is 39.2. The highest BCUT2D eigenvalue weighted by molar-refractivity contribution is 5.67. The van der Waals surface area contributed by atoms with E-state index in [2.05, 4.69) is 13.0 Å². The Morgan fingerprint density at radius 1 is 1.24 bits per heavy atom. The number of aliphatic carboxylic acids is 1. The first-order valence-corrected chi connectivity index (χ1v) is 9.50. The van der Waals surface area contributed by atoms with Crippen LogP contribution in [0.25, 0.3) is 0 Å². The van der Waals surface area contributed by atoms with Crippen LogP contribution in [-0.2, 0) is 16.8 Å². The van der Waals surface area contributed by atoms with Crippen molar-refractivity contribution in [1.82, 2.24) is 0 Å². The van der Waals surface area contributed by atoms with E-state index in [4.69, 9.17) is 4.74 Å². The fraction of sp³-hybridized carbons (Fsp3) is 0.667. The first-order valence-electron chi connectivity index (χ1n) is 9.50. The van der Waals surface area contributed by atoms with E-state index in [9.17, 15) is 15.0 Å². The van der Waals surface area contributed by atoms with Gasteiger partial charge in [-0.15, -0.1) is 0 Å². The smallest absolute Gasteiger partial charge is 0.303 e. The number of carboxylic acids is 1. The Labute approximate surface area is 149 Å². The van der Waals surface area contributed by atoms with Crippen LogP contribution in [0.5, 0.6) is 5.75 Å². The van der Waals surface area contributed by atoms with Gasteiger partial charge in [0.15, 0.2) is 0 Å². The number of hydrogen-bond donors (Lipinski definition) is 2. The maximum absolute atomic E-state index is 11.7. The molecular formula is C21H28O4. The summed E-state index contributed by atoms with van der Waals surface area (Å²) in [5.74, 6) is 1.08. The Hall–Kier alpha value is -1.55. The van der Waals surface area contributed by atoms with Crippen molar-refractivity contribution in [2.45, 2.75) is 57.5 Å². The number of hydrogen-bond acceptors (Lipinski definition) is 3. The van der Waals surface area contributed by atoms with Crippen LogP contribution in [0.15, 0.2) is 18.2 Å². The van der Waals surface area contributed by atoms with Crippen LogP contribution >= 0.6 is 0 Å². The van der Waals surface area contributed by atoms with Gasteiger partial charge in [-0.3, -0.25) is 4.79 Å². The van der Waals surface area contributed by atoms with Gasteiger partial charge in [0, 0.05) is 6.42 Å². The molecule has 3 aliphatic rings. The van der Waals surface area contributed by atoms with Crippen LogP contribution in [-0.4, -0.2) is 23.3 Å². The number of carboxylic acid groups (broad SMARTS) is 1. The largest absolute Gasteiger partial charge is 0.497 e. The van der Waals surface area contributed by atoms with Crippen molar-refractivity contribution in [3.05, 3.63) is 29.3 Å². The molecule has 136 valence electrons. The van der Waals surface area contributed by atoms with Crippen molar-refractivity contribution in [3.63, 3.8) is 0 Å². The van der Waals surface area contributed by atoms with Crippen LogP contribution in [0, 0.1) is 23.2 Å². The van der Waals surface area contributed by atoms with E-state index in [1.807, 2.05) is 12.1 Å². The Bertz CT molecular complexity index is 699. The van der Waals surface area contributed by atoms with E-state index in [0.717, 1.165) is 49.8 Å². The number of ether oxygens (including phenoxy) is 1. The summed E-state index contributed by atoms with van der Waals surface area (Å²) in [6.07, 6.45) is 5.90. The van der Waals surface area contributed by atoms with Crippen molar-refractivity contribution < 1.29 is 19.7 Å². The maximum atomic E-state index is 11.7. The zero-order valence-corrected chi connectivity index (χ0v) is 15.1. The van der Waals surface area contributed by atoms with Crippen molar-refractivity contribution >= 4 is 5.97 Å². The molecule has 2 fully saturated rings. The lowest BCUT2D eigenvalue weighted by atomic mass is 9.52. The zero-order chi connectivity index (χ0) is 17.8. The second-order valence-electron chi connectivity index (χ2n) is 8.58. The van der Waals surface area contributed by atoms with Gasteiger partial charge in [-0.25, -0.2) is 0 Å². The van der Waals surface area contributed by atoms with Crippen molar-refractivity contribution in [3.8, 4) is 5.75 Å². The van der Waals surface area contributed by atoms with Gasteiger partial charge in [0.25, 0.3) is 0 Å². The third kappa shape index (κ3) is 2.41. The number of carbonyl (C=O) groups is 1. The molecule has 4 rings (SSSR count). The zero-order valence-electron chi connectivity index (χ0n) is 15.1. The highest BCUT2D eigenvalue weighted by atomic mass is 16.5. The highest BCUT2D eigenvalue weighted by Crippen LogP contribution is 2.64. The van der Waals surface area contributed by atoms with E-state index < -0.39 is 11.6 Å². The highest BCUT2D eigenvalue weighted by Gasteiger charge is 2.59. The molecule has 5 atom stereocenters. The fourth-order valence-electron chi connectivity index (χ4n) is 6.33. The number of rotatable bonds is 3. The molecule has 0 aliphatic heterocycles. The molecule has 4 nitrogen and oxygen atoms in total. The summed E-state index contributed by atoms with van der Waals surface area (Å²) in [5.41, 5.74) is 1.58. The molecule has 0 unspecified atom stereocenters. The van der Waals surface area contributed by atoms with Gasteiger partial charge in [-0.05, 0) is 85.0 Å². The Balaban J connectivity index is 1.68. The van der Waals surface area contributed by atoms with Gasteiger partial charge in [0.05, 0.1) is 12.7 Å². The molecule has 0 aromatic heterocycles. The minimum absolute atomic E-state index is 0.0548. The summed E-state index contributed by atoms with van der Waals surface area (Å²) in [6, 6.07) is 6.07. The number of aryl methyl sites for hydroxylation is 1. The molecule has 2 N–H and O–H groups in total. The summed E-state index contributed by atoms with van der Waals surface area (Å²) >= 11 is 0. The Morgan fingerprint density at radius 3 is 2.76 bits per heavy atom. The monoisotopic (exact) mass is 344 g/mol. The van der Waals surface area contributed by atoms with Crippen LogP contribution < -0.4 is 4.74 Å². The van der Waals surface area contributed by atoms with Crippen LogP contribution in [0.2, 0.25) is 0 Å². The van der Waals surface area contributed by atoms with Crippen LogP contribution in [0.4, 0.5) is 0 Å². The molecule has 0 saturated heterocycles. The molecule has 4 heteroatoms. The topological polar surface area (TPSA) is 66.8 Å². The summed E-state index contributed by atoms with van der Waals surface area (Å²) in [4.78, 5) is 11.3. The summed E-state index contributed by atoms with van der Waals surface area (Å²) in [5, 5.41) is 21.0. The predicted octanol–water partition coefficient (Wildman–Crippen LogP) is 3.75. The van der Waals surface area contributed by atoms with Crippen molar-refractivity contribution in [2.75, 3.05) is 7.11 Å². The van der Waals surface area contributed by atoms with Gasteiger partial charge < -0.3 is 14.9 Å². The Morgan fingerprint density at radius 2 is 2.04 bits per heavy atom. The molecule has 0 spiro atoms. The lowest BCUT2D eigenvalue weighted by molar-refractivity contribution is -0.145. The van der Waals surface area contributed by atoms with E-state index in [-0.39, 0.29) is 23.7 Å². The molecule has 3 aliphatic carbocycles. The van der Waals surface area contributed by atoms with Gasteiger partial charge in [-0.1, -0.05) is 13.0 Å². The van der Waals surface area contributed by atoms with E-state index >= 15 is 0 Å². The second kappa shape index (κ2) is 5.73. The molecule has 0 bridgehead atoms. The maximum Gasteiger partial charge on any atom is 0.303 e. The first kappa shape index (κ1) is 16.9. The van der Waals surface area contributed by atoms with E-state index in [1.165, 1.54) is 5.56 Å². The molecule has 1 aromatic carbocycles. The first-order chi connectivity index (χ1) is 11.9. The summed E-state index contributed by atoms with van der Waals surface area (Å²) in [7, 11) is 1.68. The Kier molecular flexibility index (Phi) is 3.87. The van der Waals surface area contributed by atoms with Crippen LogP contribution in [0.3, 0.4) is 0 Å². The average Bonchev–Trinajstić information content (AvgIpc) is 2.90. The lowest BCUT2D eigenvalue weighted by Crippen LogP contribution is -2.52. The molecule has 0 heterocycles. The van der Waals surface area contributed by atoms with Crippen molar-refractivity contribution in [1.29, 1.82) is 0 Å². The quantitative estimate of drug-likeness (QED) is 0.876. The van der Waals surface area contributed by atoms with Gasteiger partial charge in [-0.2, -0.15) is 0 Å². The number of fused-ring (bicyclic) bond motifs is 5. The molecule has 2 saturated carbocycles.